The monoisotopic (exact) mass is 425 g/mol. The molecule has 5 rings (SSSR count). The number of rotatable bonds is 3. The fourth-order valence-corrected chi connectivity index (χ4v) is 4.36. The standard InChI is InChI=1S/C26H20FN3O2/c1-16(31)30-23(18-11-5-7-13-20(18)27)15-22(29-30)25-24(17-9-3-2-4-10-17)19-12-6-8-14-21(19)28-26(25)32/h2-14,23H,15H2,1H3,(H,28,32)/t23-/m0/s1. The molecule has 6 heteroatoms. The third-order valence-corrected chi connectivity index (χ3v) is 5.77. The Morgan fingerprint density at radius 1 is 0.969 bits per heavy atom. The van der Waals surface area contributed by atoms with Gasteiger partial charge in [0.2, 0.25) is 5.91 Å². The van der Waals surface area contributed by atoms with Gasteiger partial charge in [0.1, 0.15) is 5.82 Å². The Labute approximate surface area is 183 Å². The molecule has 1 aromatic heterocycles. The zero-order chi connectivity index (χ0) is 22.2. The van der Waals surface area contributed by atoms with Crippen LogP contribution in [0, 0.1) is 5.82 Å². The molecular formula is C26H20FN3O2. The van der Waals surface area contributed by atoms with Crippen LogP contribution in [-0.4, -0.2) is 21.6 Å². The maximum Gasteiger partial charge on any atom is 0.258 e. The summed E-state index contributed by atoms with van der Waals surface area (Å²) in [6.45, 7) is 1.39. The van der Waals surface area contributed by atoms with Gasteiger partial charge in [-0.1, -0.05) is 66.7 Å². The summed E-state index contributed by atoms with van der Waals surface area (Å²) in [6.07, 6.45) is 0.238. The van der Waals surface area contributed by atoms with Gasteiger partial charge in [0.05, 0.1) is 17.3 Å². The fraction of sp³-hybridized carbons (Fsp3) is 0.115. The van der Waals surface area contributed by atoms with Gasteiger partial charge in [-0.15, -0.1) is 0 Å². The van der Waals surface area contributed by atoms with E-state index in [-0.39, 0.29) is 17.9 Å². The van der Waals surface area contributed by atoms with Crippen molar-refractivity contribution in [3.05, 3.63) is 106 Å². The molecule has 5 nitrogen and oxygen atoms in total. The summed E-state index contributed by atoms with van der Waals surface area (Å²) in [7, 11) is 0. The minimum absolute atomic E-state index is 0.238. The number of halogens is 1. The summed E-state index contributed by atoms with van der Waals surface area (Å²) < 4.78 is 14.6. The van der Waals surface area contributed by atoms with Gasteiger partial charge in [-0.25, -0.2) is 9.40 Å². The van der Waals surface area contributed by atoms with Gasteiger partial charge >= 0.3 is 0 Å². The first-order valence-electron chi connectivity index (χ1n) is 10.4. The second-order valence-corrected chi connectivity index (χ2v) is 7.77. The van der Waals surface area contributed by atoms with E-state index in [9.17, 15) is 14.0 Å². The highest BCUT2D eigenvalue weighted by Crippen LogP contribution is 2.37. The second-order valence-electron chi connectivity index (χ2n) is 7.77. The molecule has 158 valence electrons. The first-order valence-corrected chi connectivity index (χ1v) is 10.4. The van der Waals surface area contributed by atoms with Gasteiger partial charge in [-0.05, 0) is 17.7 Å². The predicted octanol–water partition coefficient (Wildman–Crippen LogP) is 5.03. The molecule has 0 unspecified atom stereocenters. The molecule has 4 aromatic rings. The number of para-hydroxylation sites is 1. The van der Waals surface area contributed by atoms with Crippen LogP contribution in [0.3, 0.4) is 0 Å². The van der Waals surface area contributed by atoms with E-state index in [2.05, 4.69) is 10.1 Å². The summed E-state index contributed by atoms with van der Waals surface area (Å²) in [5, 5.41) is 6.67. The third kappa shape index (κ3) is 3.30. The van der Waals surface area contributed by atoms with E-state index in [1.165, 1.54) is 18.0 Å². The van der Waals surface area contributed by atoms with Crippen molar-refractivity contribution in [2.45, 2.75) is 19.4 Å². The number of H-pyrrole nitrogens is 1. The molecule has 0 saturated carbocycles. The maximum atomic E-state index is 14.6. The number of nitrogens with zero attached hydrogens (tertiary/aromatic N) is 2. The number of carbonyl (C=O) groups excluding carboxylic acids is 1. The van der Waals surface area contributed by atoms with Crippen LogP contribution in [0.15, 0.2) is 88.8 Å². The van der Waals surface area contributed by atoms with E-state index >= 15 is 0 Å². The van der Waals surface area contributed by atoms with Crippen LogP contribution in [0.1, 0.15) is 30.5 Å². The molecule has 1 N–H and O–H groups in total. The molecule has 0 bridgehead atoms. The molecule has 0 radical (unpaired) electrons. The number of hydrogen-bond donors (Lipinski definition) is 1. The SMILES string of the molecule is CC(=O)N1N=C(c2c(-c3ccccc3)c3ccccc3[nH]c2=O)C[C@H]1c1ccccc1F. The number of aromatic nitrogens is 1. The zero-order valence-electron chi connectivity index (χ0n) is 17.4. The quantitative estimate of drug-likeness (QED) is 0.500. The summed E-state index contributed by atoms with van der Waals surface area (Å²) in [5.41, 5.74) is 3.28. The maximum absolute atomic E-state index is 14.6. The van der Waals surface area contributed by atoms with Gasteiger partial charge < -0.3 is 4.98 Å². The minimum atomic E-state index is -0.613. The Morgan fingerprint density at radius 3 is 2.41 bits per heavy atom. The first kappa shape index (κ1) is 19.9. The van der Waals surface area contributed by atoms with Crippen LogP contribution in [0.5, 0.6) is 0 Å². The van der Waals surface area contributed by atoms with Gasteiger partial charge in [-0.3, -0.25) is 9.59 Å². The molecule has 0 aliphatic carbocycles. The Kier molecular flexibility index (Phi) is 4.90. The zero-order valence-corrected chi connectivity index (χ0v) is 17.4. The Morgan fingerprint density at radius 2 is 1.66 bits per heavy atom. The van der Waals surface area contributed by atoms with E-state index in [1.54, 1.807) is 18.2 Å². The normalized spacial score (nSPS) is 15.8. The highest BCUT2D eigenvalue weighted by Gasteiger charge is 2.35. The van der Waals surface area contributed by atoms with Crippen molar-refractivity contribution >= 4 is 22.5 Å². The third-order valence-electron chi connectivity index (χ3n) is 5.77. The van der Waals surface area contributed by atoms with Crippen molar-refractivity contribution in [3.63, 3.8) is 0 Å². The van der Waals surface area contributed by atoms with Gasteiger partial charge in [0.25, 0.3) is 5.56 Å². The molecule has 1 aliphatic heterocycles. The predicted molar refractivity (Wildman–Crippen MR) is 123 cm³/mol. The number of pyridine rings is 1. The molecule has 3 aromatic carbocycles. The largest absolute Gasteiger partial charge is 0.321 e. The molecular weight excluding hydrogens is 405 g/mol. The number of nitrogens with one attached hydrogen (secondary N) is 1. The minimum Gasteiger partial charge on any atom is -0.321 e. The summed E-state index contributed by atoms with van der Waals surface area (Å²) >= 11 is 0. The van der Waals surface area contributed by atoms with Gasteiger partial charge in [0, 0.05) is 35.4 Å². The van der Waals surface area contributed by atoms with Crippen molar-refractivity contribution in [1.82, 2.24) is 9.99 Å². The number of hydrazone groups is 1. The van der Waals surface area contributed by atoms with E-state index in [0.717, 1.165) is 16.5 Å². The van der Waals surface area contributed by atoms with Crippen molar-refractivity contribution in [3.8, 4) is 11.1 Å². The molecule has 1 amide bonds. The lowest BCUT2D eigenvalue weighted by molar-refractivity contribution is -0.130. The molecule has 0 spiro atoms. The Balaban J connectivity index is 1.74. The molecule has 32 heavy (non-hydrogen) atoms. The second kappa shape index (κ2) is 7.89. The molecule has 1 atom stereocenters. The van der Waals surface area contributed by atoms with Gasteiger partial charge in [0.15, 0.2) is 0 Å². The number of hydrogen-bond acceptors (Lipinski definition) is 3. The summed E-state index contributed by atoms with van der Waals surface area (Å²) in [6, 6.07) is 22.9. The van der Waals surface area contributed by atoms with Crippen LogP contribution < -0.4 is 5.56 Å². The molecule has 1 aliphatic rings. The number of amides is 1. The van der Waals surface area contributed by atoms with Crippen LogP contribution in [0.4, 0.5) is 4.39 Å². The summed E-state index contributed by atoms with van der Waals surface area (Å²) in [5.74, 6) is -0.720. The molecule has 0 saturated heterocycles. The number of carbonyl (C=O) groups is 1. The number of benzene rings is 3. The lowest BCUT2D eigenvalue weighted by Gasteiger charge is -2.20. The number of aromatic amines is 1. The van der Waals surface area contributed by atoms with Crippen LogP contribution in [-0.2, 0) is 4.79 Å². The smallest absolute Gasteiger partial charge is 0.258 e. The van der Waals surface area contributed by atoms with Gasteiger partial charge in [-0.2, -0.15) is 5.10 Å². The topological polar surface area (TPSA) is 65.5 Å². The fourth-order valence-electron chi connectivity index (χ4n) is 4.36. The van der Waals surface area contributed by atoms with Crippen molar-refractivity contribution in [2.75, 3.05) is 0 Å². The van der Waals surface area contributed by atoms with E-state index in [1.807, 2.05) is 54.6 Å². The first-order chi connectivity index (χ1) is 15.5. The summed E-state index contributed by atoms with van der Waals surface area (Å²) in [4.78, 5) is 28.6. The highest BCUT2D eigenvalue weighted by atomic mass is 19.1. The van der Waals surface area contributed by atoms with Crippen LogP contribution in [0.25, 0.3) is 22.0 Å². The molecule has 0 fully saturated rings. The van der Waals surface area contributed by atoms with E-state index in [0.29, 0.717) is 22.4 Å². The van der Waals surface area contributed by atoms with E-state index in [4.69, 9.17) is 0 Å². The lowest BCUT2D eigenvalue weighted by atomic mass is 9.91. The highest BCUT2D eigenvalue weighted by molar-refractivity contribution is 6.12. The van der Waals surface area contributed by atoms with Crippen molar-refractivity contribution < 1.29 is 9.18 Å². The lowest BCUT2D eigenvalue weighted by Crippen LogP contribution is -2.25. The Hall–Kier alpha value is -4.06. The average molecular weight is 425 g/mol. The molecule has 2 heterocycles. The van der Waals surface area contributed by atoms with Crippen LogP contribution >= 0.6 is 0 Å². The van der Waals surface area contributed by atoms with Crippen molar-refractivity contribution in [2.24, 2.45) is 5.10 Å². The van der Waals surface area contributed by atoms with Crippen LogP contribution in [0.2, 0.25) is 0 Å². The van der Waals surface area contributed by atoms with E-state index < -0.39 is 11.9 Å². The van der Waals surface area contributed by atoms with Crippen molar-refractivity contribution in [1.29, 1.82) is 0 Å². The average Bonchev–Trinajstić information content (AvgIpc) is 3.24. The Bertz CT molecular complexity index is 1430. The number of fused-ring (bicyclic) bond motifs is 1.